The van der Waals surface area contributed by atoms with Gasteiger partial charge in [0.15, 0.2) is 0 Å². The van der Waals surface area contributed by atoms with Gasteiger partial charge in [0.25, 0.3) is 0 Å². The molecule has 1 saturated carbocycles. The van der Waals surface area contributed by atoms with Gasteiger partial charge in [-0.2, -0.15) is 0 Å². The number of hydrogen-bond acceptors (Lipinski definition) is 3. The second kappa shape index (κ2) is 6.92. The van der Waals surface area contributed by atoms with Crippen molar-refractivity contribution < 1.29 is 9.84 Å². The Balaban J connectivity index is 1.91. The van der Waals surface area contributed by atoms with Crippen LogP contribution in [-0.4, -0.2) is 30.4 Å². The van der Waals surface area contributed by atoms with Crippen LogP contribution in [0, 0.1) is 0 Å². The van der Waals surface area contributed by atoms with E-state index in [0.717, 1.165) is 31.4 Å². The Hall–Kier alpha value is -1.06. The number of nitrogens with one attached hydrogen (secondary N) is 1. The molecule has 3 nitrogen and oxygen atoms in total. The topological polar surface area (TPSA) is 41.5 Å². The van der Waals surface area contributed by atoms with E-state index in [4.69, 9.17) is 4.74 Å². The average molecular weight is 263 g/mol. The van der Waals surface area contributed by atoms with Crippen LogP contribution in [0.3, 0.4) is 0 Å². The highest BCUT2D eigenvalue weighted by atomic mass is 16.5. The second-order valence-electron chi connectivity index (χ2n) is 5.54. The summed E-state index contributed by atoms with van der Waals surface area (Å²) in [7, 11) is 1.71. The molecule has 0 amide bonds. The quantitative estimate of drug-likeness (QED) is 0.857. The van der Waals surface area contributed by atoms with Crippen LogP contribution in [0.4, 0.5) is 0 Å². The Morgan fingerprint density at radius 1 is 1.32 bits per heavy atom. The fourth-order valence-electron chi connectivity index (χ4n) is 2.93. The molecule has 1 aromatic rings. The van der Waals surface area contributed by atoms with Crippen LogP contribution in [0.2, 0.25) is 0 Å². The summed E-state index contributed by atoms with van der Waals surface area (Å²) < 4.78 is 5.38. The maximum atomic E-state index is 10.00. The van der Waals surface area contributed by atoms with Gasteiger partial charge in [-0.05, 0) is 37.8 Å². The Bertz CT molecular complexity index is 394. The number of aliphatic hydroxyl groups is 1. The van der Waals surface area contributed by atoms with E-state index >= 15 is 0 Å². The van der Waals surface area contributed by atoms with Crippen molar-refractivity contribution in [1.29, 1.82) is 0 Å². The van der Waals surface area contributed by atoms with Crippen LogP contribution >= 0.6 is 0 Å². The molecule has 0 bridgehead atoms. The summed E-state index contributed by atoms with van der Waals surface area (Å²) in [6.45, 7) is 2.17. The van der Waals surface area contributed by atoms with Gasteiger partial charge in [0, 0.05) is 12.1 Å². The number of benzene rings is 1. The fourth-order valence-corrected chi connectivity index (χ4v) is 2.93. The zero-order chi connectivity index (χ0) is 13.7. The first-order chi connectivity index (χ1) is 9.20. The lowest BCUT2D eigenvalue weighted by atomic mass is 9.91. The minimum absolute atomic E-state index is 0.186. The molecular formula is C16H25NO2. The van der Waals surface area contributed by atoms with Gasteiger partial charge in [0.05, 0.1) is 13.2 Å². The molecule has 3 atom stereocenters. The molecule has 19 heavy (non-hydrogen) atoms. The Labute approximate surface area is 116 Å². The third-order valence-corrected chi connectivity index (χ3v) is 3.95. The van der Waals surface area contributed by atoms with E-state index in [0.29, 0.717) is 6.04 Å². The number of aliphatic hydroxyl groups excluding tert-OH is 1. The minimum atomic E-state index is -0.186. The van der Waals surface area contributed by atoms with Gasteiger partial charge in [-0.1, -0.05) is 31.0 Å². The van der Waals surface area contributed by atoms with E-state index in [1.54, 1.807) is 7.11 Å². The molecule has 0 radical (unpaired) electrons. The second-order valence-corrected chi connectivity index (χ2v) is 5.54. The van der Waals surface area contributed by atoms with Crippen molar-refractivity contribution in [1.82, 2.24) is 5.32 Å². The largest absolute Gasteiger partial charge is 0.496 e. The molecule has 0 unspecified atom stereocenters. The van der Waals surface area contributed by atoms with E-state index in [1.807, 2.05) is 18.2 Å². The zero-order valence-corrected chi connectivity index (χ0v) is 11.9. The maximum Gasteiger partial charge on any atom is 0.122 e. The van der Waals surface area contributed by atoms with Crippen molar-refractivity contribution in [2.24, 2.45) is 0 Å². The Morgan fingerprint density at radius 3 is 2.79 bits per heavy atom. The van der Waals surface area contributed by atoms with Crippen LogP contribution < -0.4 is 10.1 Å². The van der Waals surface area contributed by atoms with Gasteiger partial charge in [0.2, 0.25) is 0 Å². The summed E-state index contributed by atoms with van der Waals surface area (Å²) in [5, 5.41) is 13.6. The number of methoxy groups -OCH3 is 1. The van der Waals surface area contributed by atoms with Gasteiger partial charge in [0.1, 0.15) is 5.75 Å². The van der Waals surface area contributed by atoms with Crippen LogP contribution in [-0.2, 0) is 6.42 Å². The fraction of sp³-hybridized carbons (Fsp3) is 0.625. The summed E-state index contributed by atoms with van der Waals surface area (Å²) in [5.74, 6) is 0.945. The van der Waals surface area contributed by atoms with Crippen molar-refractivity contribution in [3.05, 3.63) is 29.8 Å². The zero-order valence-electron chi connectivity index (χ0n) is 11.9. The summed E-state index contributed by atoms with van der Waals surface area (Å²) in [6, 6.07) is 8.73. The van der Waals surface area contributed by atoms with E-state index in [9.17, 15) is 5.11 Å². The van der Waals surface area contributed by atoms with Gasteiger partial charge >= 0.3 is 0 Å². The predicted molar refractivity (Wildman–Crippen MR) is 77.6 cm³/mol. The average Bonchev–Trinajstić information content (AvgIpc) is 2.42. The molecule has 0 aromatic heterocycles. The first-order valence-electron chi connectivity index (χ1n) is 7.26. The standard InChI is InChI=1S/C16H25NO2/c1-12(17-14-8-4-5-9-15(14)18)11-13-7-3-6-10-16(13)19-2/h3,6-7,10,12,14-15,17-18H,4-5,8-9,11H2,1-2H3/t12-,14+,15-/m0/s1. The molecular weight excluding hydrogens is 238 g/mol. The van der Waals surface area contributed by atoms with Crippen molar-refractivity contribution in [2.75, 3.05) is 7.11 Å². The lowest BCUT2D eigenvalue weighted by molar-refractivity contribution is 0.0859. The number of rotatable bonds is 5. The number of ether oxygens (including phenoxy) is 1. The lowest BCUT2D eigenvalue weighted by Crippen LogP contribution is -2.46. The van der Waals surface area contributed by atoms with Crippen molar-refractivity contribution >= 4 is 0 Å². The molecule has 3 heteroatoms. The van der Waals surface area contributed by atoms with E-state index in [2.05, 4.69) is 18.3 Å². The maximum absolute atomic E-state index is 10.00. The van der Waals surface area contributed by atoms with E-state index in [1.165, 1.54) is 12.0 Å². The highest BCUT2D eigenvalue weighted by molar-refractivity contribution is 5.33. The highest BCUT2D eigenvalue weighted by Crippen LogP contribution is 2.21. The molecule has 1 aromatic carbocycles. The number of hydrogen-bond donors (Lipinski definition) is 2. The molecule has 0 heterocycles. The van der Waals surface area contributed by atoms with Gasteiger partial charge in [-0.15, -0.1) is 0 Å². The van der Waals surface area contributed by atoms with Crippen LogP contribution in [0.25, 0.3) is 0 Å². The smallest absolute Gasteiger partial charge is 0.122 e. The summed E-state index contributed by atoms with van der Waals surface area (Å²) in [4.78, 5) is 0. The Morgan fingerprint density at radius 2 is 2.05 bits per heavy atom. The Kier molecular flexibility index (Phi) is 5.23. The van der Waals surface area contributed by atoms with Gasteiger partial charge in [-0.25, -0.2) is 0 Å². The lowest BCUT2D eigenvalue weighted by Gasteiger charge is -2.31. The molecule has 0 spiro atoms. The third-order valence-electron chi connectivity index (χ3n) is 3.95. The van der Waals surface area contributed by atoms with Crippen LogP contribution in [0.1, 0.15) is 38.2 Å². The molecule has 2 N–H and O–H groups in total. The molecule has 1 aliphatic carbocycles. The SMILES string of the molecule is COc1ccccc1C[C@H](C)N[C@@H]1CCCC[C@@H]1O. The van der Waals surface area contributed by atoms with E-state index in [-0.39, 0.29) is 12.1 Å². The van der Waals surface area contributed by atoms with E-state index < -0.39 is 0 Å². The summed E-state index contributed by atoms with van der Waals surface area (Å²) in [6.07, 6.45) is 5.12. The first-order valence-corrected chi connectivity index (χ1v) is 7.26. The van der Waals surface area contributed by atoms with Crippen LogP contribution in [0.15, 0.2) is 24.3 Å². The van der Waals surface area contributed by atoms with Crippen molar-refractivity contribution in [3.63, 3.8) is 0 Å². The molecule has 1 fully saturated rings. The molecule has 106 valence electrons. The normalized spacial score (nSPS) is 25.0. The number of para-hydroxylation sites is 1. The molecule has 0 aliphatic heterocycles. The minimum Gasteiger partial charge on any atom is -0.496 e. The summed E-state index contributed by atoms with van der Waals surface area (Å²) >= 11 is 0. The highest BCUT2D eigenvalue weighted by Gasteiger charge is 2.24. The third kappa shape index (κ3) is 3.95. The summed E-state index contributed by atoms with van der Waals surface area (Å²) in [5.41, 5.74) is 1.22. The van der Waals surface area contributed by atoms with Crippen molar-refractivity contribution in [3.8, 4) is 5.75 Å². The van der Waals surface area contributed by atoms with Gasteiger partial charge in [-0.3, -0.25) is 0 Å². The van der Waals surface area contributed by atoms with Gasteiger partial charge < -0.3 is 15.2 Å². The first kappa shape index (κ1) is 14.4. The van der Waals surface area contributed by atoms with Crippen LogP contribution in [0.5, 0.6) is 5.75 Å². The van der Waals surface area contributed by atoms with Crippen molar-refractivity contribution in [2.45, 2.75) is 57.2 Å². The molecule has 2 rings (SSSR count). The molecule has 1 aliphatic rings. The monoisotopic (exact) mass is 263 g/mol. The predicted octanol–water partition coefficient (Wildman–Crippen LogP) is 2.52. The molecule has 0 saturated heterocycles.